The summed E-state index contributed by atoms with van der Waals surface area (Å²) in [7, 11) is 2.21. The van der Waals surface area contributed by atoms with Crippen LogP contribution in [-0.2, 0) is 6.42 Å². The normalized spacial score (nSPS) is 23.4. The van der Waals surface area contributed by atoms with Gasteiger partial charge in [0.2, 0.25) is 0 Å². The van der Waals surface area contributed by atoms with Crippen molar-refractivity contribution in [2.75, 3.05) is 18.5 Å². The maximum atomic E-state index is 5.80. The van der Waals surface area contributed by atoms with Gasteiger partial charge in [0.1, 0.15) is 0 Å². The van der Waals surface area contributed by atoms with E-state index < -0.39 is 0 Å². The minimum atomic E-state index is 0.616. The summed E-state index contributed by atoms with van der Waals surface area (Å²) in [5.74, 6) is 1.89. The van der Waals surface area contributed by atoms with Crippen molar-refractivity contribution in [1.82, 2.24) is 9.38 Å². The Kier molecular flexibility index (Phi) is 3.98. The number of anilines is 1. The number of imidazole rings is 1. The fraction of sp³-hybridized carbons (Fsp3) is 0.667. The van der Waals surface area contributed by atoms with Crippen LogP contribution in [0, 0.1) is 5.92 Å². The zero-order valence-corrected chi connectivity index (χ0v) is 13.2. The Morgan fingerprint density at radius 2 is 2.25 bits per heavy atom. The van der Waals surface area contributed by atoms with E-state index in [4.69, 9.17) is 10.7 Å². The van der Waals surface area contributed by atoms with Crippen molar-refractivity contribution < 1.29 is 0 Å². The van der Waals surface area contributed by atoms with E-state index in [1.165, 1.54) is 31.4 Å². The highest BCUT2D eigenvalue weighted by molar-refractivity contribution is 7.15. The van der Waals surface area contributed by atoms with E-state index in [0.717, 1.165) is 23.1 Å². The summed E-state index contributed by atoms with van der Waals surface area (Å²) in [6.07, 6.45) is 8.33. The maximum Gasteiger partial charge on any atom is 0.195 e. The van der Waals surface area contributed by atoms with Gasteiger partial charge in [-0.2, -0.15) is 0 Å². The van der Waals surface area contributed by atoms with Crippen LogP contribution in [0.4, 0.5) is 5.82 Å². The van der Waals surface area contributed by atoms with Gasteiger partial charge in [-0.3, -0.25) is 4.40 Å². The van der Waals surface area contributed by atoms with Crippen LogP contribution in [0.1, 0.15) is 38.3 Å². The van der Waals surface area contributed by atoms with Crippen molar-refractivity contribution >= 4 is 22.1 Å². The maximum absolute atomic E-state index is 5.80. The van der Waals surface area contributed by atoms with Gasteiger partial charge in [-0.25, -0.2) is 4.98 Å². The van der Waals surface area contributed by atoms with Crippen molar-refractivity contribution in [3.8, 4) is 0 Å². The second kappa shape index (κ2) is 5.74. The van der Waals surface area contributed by atoms with Crippen molar-refractivity contribution in [2.45, 2.75) is 45.1 Å². The monoisotopic (exact) mass is 292 g/mol. The number of rotatable bonds is 4. The van der Waals surface area contributed by atoms with Crippen LogP contribution in [0.5, 0.6) is 0 Å². The summed E-state index contributed by atoms with van der Waals surface area (Å²) in [6.45, 7) is 3.05. The van der Waals surface area contributed by atoms with E-state index in [1.54, 1.807) is 11.3 Å². The van der Waals surface area contributed by atoms with E-state index in [-0.39, 0.29) is 0 Å². The lowest BCUT2D eigenvalue weighted by Gasteiger charge is -2.37. The van der Waals surface area contributed by atoms with E-state index in [9.17, 15) is 0 Å². The molecule has 2 N–H and O–H groups in total. The topological polar surface area (TPSA) is 46.6 Å². The Hall–Kier alpha value is -1.07. The predicted octanol–water partition coefficient (Wildman–Crippen LogP) is 2.91. The van der Waals surface area contributed by atoms with E-state index in [1.807, 2.05) is 0 Å². The summed E-state index contributed by atoms with van der Waals surface area (Å²) in [6, 6.07) is 0.616. The standard InChI is InChI=1S/C15H24N4S/c1-11-5-3-4-6-12(11)18(2)14-13(7-8-16)19-9-10-20-15(19)17-14/h9-12H,3-8,16H2,1-2H3. The average Bonchev–Trinajstić information content (AvgIpc) is 3.01. The largest absolute Gasteiger partial charge is 0.355 e. The van der Waals surface area contributed by atoms with Crippen LogP contribution in [0.2, 0.25) is 0 Å². The van der Waals surface area contributed by atoms with Crippen LogP contribution >= 0.6 is 11.3 Å². The number of hydrogen-bond acceptors (Lipinski definition) is 4. The SMILES string of the molecule is CC1CCCCC1N(C)c1nc2sccn2c1CCN. The van der Waals surface area contributed by atoms with Crippen LogP contribution < -0.4 is 10.6 Å². The highest BCUT2D eigenvalue weighted by Crippen LogP contribution is 2.32. The van der Waals surface area contributed by atoms with E-state index >= 15 is 0 Å². The molecule has 1 saturated carbocycles. The molecule has 0 amide bonds. The molecule has 2 unspecified atom stereocenters. The number of fused-ring (bicyclic) bond motifs is 1. The summed E-state index contributed by atoms with van der Waals surface area (Å²) in [4.78, 5) is 8.35. The van der Waals surface area contributed by atoms with Gasteiger partial charge in [0.05, 0.1) is 5.69 Å². The molecule has 1 fully saturated rings. The van der Waals surface area contributed by atoms with Crippen LogP contribution in [0.3, 0.4) is 0 Å². The Balaban J connectivity index is 1.95. The number of nitrogens with zero attached hydrogens (tertiary/aromatic N) is 3. The minimum absolute atomic E-state index is 0.616. The smallest absolute Gasteiger partial charge is 0.195 e. The van der Waals surface area contributed by atoms with Crippen molar-refractivity contribution in [3.63, 3.8) is 0 Å². The molecule has 2 aromatic rings. The van der Waals surface area contributed by atoms with Gasteiger partial charge in [-0.15, -0.1) is 11.3 Å². The first-order chi connectivity index (χ1) is 9.72. The molecule has 2 atom stereocenters. The lowest BCUT2D eigenvalue weighted by Crippen LogP contribution is -2.39. The number of nitrogens with two attached hydrogens (primary N) is 1. The quantitative estimate of drug-likeness (QED) is 0.942. The van der Waals surface area contributed by atoms with Gasteiger partial charge in [0, 0.05) is 31.1 Å². The zero-order chi connectivity index (χ0) is 14.1. The van der Waals surface area contributed by atoms with Crippen molar-refractivity contribution in [2.24, 2.45) is 11.7 Å². The second-order valence-corrected chi connectivity index (χ2v) is 6.79. The molecular formula is C15H24N4S. The summed E-state index contributed by atoms with van der Waals surface area (Å²) >= 11 is 1.70. The summed E-state index contributed by atoms with van der Waals surface area (Å²) < 4.78 is 2.21. The van der Waals surface area contributed by atoms with E-state index in [2.05, 4.69) is 34.8 Å². The number of thiazole rings is 1. The third-order valence-corrected chi connectivity index (χ3v) is 5.38. The first kappa shape index (κ1) is 13.9. The van der Waals surface area contributed by atoms with E-state index in [0.29, 0.717) is 12.6 Å². The molecule has 2 aromatic heterocycles. The molecule has 0 bridgehead atoms. The van der Waals surface area contributed by atoms with Crippen molar-refractivity contribution in [3.05, 3.63) is 17.3 Å². The second-order valence-electron chi connectivity index (χ2n) is 5.92. The number of aromatic nitrogens is 2. The molecule has 0 aliphatic heterocycles. The molecule has 0 aromatic carbocycles. The predicted molar refractivity (Wildman–Crippen MR) is 85.7 cm³/mol. The molecule has 2 heterocycles. The third-order valence-electron chi connectivity index (χ3n) is 4.62. The molecule has 5 heteroatoms. The van der Waals surface area contributed by atoms with Gasteiger partial charge < -0.3 is 10.6 Å². The molecule has 0 radical (unpaired) electrons. The highest BCUT2D eigenvalue weighted by Gasteiger charge is 2.28. The molecule has 1 aliphatic carbocycles. The Morgan fingerprint density at radius 1 is 1.45 bits per heavy atom. The number of hydrogen-bond donors (Lipinski definition) is 1. The Labute approximate surface area is 124 Å². The van der Waals surface area contributed by atoms with Crippen molar-refractivity contribution in [1.29, 1.82) is 0 Å². The van der Waals surface area contributed by atoms with Gasteiger partial charge in [0.25, 0.3) is 0 Å². The summed E-state index contributed by atoms with van der Waals surface area (Å²) in [5.41, 5.74) is 7.07. The molecule has 0 spiro atoms. The minimum Gasteiger partial charge on any atom is -0.355 e. The van der Waals surface area contributed by atoms with Gasteiger partial charge in [0.15, 0.2) is 10.8 Å². The third kappa shape index (κ3) is 2.33. The van der Waals surface area contributed by atoms with Crippen LogP contribution in [-0.4, -0.2) is 29.0 Å². The molecule has 3 rings (SSSR count). The molecule has 1 aliphatic rings. The fourth-order valence-electron chi connectivity index (χ4n) is 3.50. The van der Waals surface area contributed by atoms with Gasteiger partial charge in [-0.1, -0.05) is 19.8 Å². The van der Waals surface area contributed by atoms with Crippen LogP contribution in [0.15, 0.2) is 11.6 Å². The fourth-order valence-corrected chi connectivity index (χ4v) is 4.23. The van der Waals surface area contributed by atoms with Gasteiger partial charge >= 0.3 is 0 Å². The first-order valence-electron chi connectivity index (χ1n) is 7.59. The Morgan fingerprint density at radius 3 is 3.00 bits per heavy atom. The average molecular weight is 292 g/mol. The van der Waals surface area contributed by atoms with Gasteiger partial charge in [-0.05, 0) is 25.3 Å². The van der Waals surface area contributed by atoms with Crippen LogP contribution in [0.25, 0.3) is 4.96 Å². The lowest BCUT2D eigenvalue weighted by atomic mass is 9.85. The lowest BCUT2D eigenvalue weighted by molar-refractivity contribution is 0.320. The Bertz CT molecular complexity index is 573. The molecular weight excluding hydrogens is 268 g/mol. The highest BCUT2D eigenvalue weighted by atomic mass is 32.1. The molecule has 4 nitrogen and oxygen atoms in total. The summed E-state index contributed by atoms with van der Waals surface area (Å²) in [5, 5.41) is 2.09. The zero-order valence-electron chi connectivity index (χ0n) is 12.4. The molecule has 20 heavy (non-hydrogen) atoms. The first-order valence-corrected chi connectivity index (χ1v) is 8.47. The molecule has 0 saturated heterocycles. The molecule has 110 valence electrons.